The Balaban J connectivity index is 1.59. The van der Waals surface area contributed by atoms with Gasteiger partial charge in [0.1, 0.15) is 18.0 Å². The van der Waals surface area contributed by atoms with Crippen LogP contribution in [0.2, 0.25) is 0 Å². The molecule has 2 aromatic heterocycles. The number of nitrogens with zero attached hydrogens (tertiary/aromatic N) is 4. The second kappa shape index (κ2) is 7.72. The van der Waals surface area contributed by atoms with Gasteiger partial charge in [0.2, 0.25) is 11.8 Å². The van der Waals surface area contributed by atoms with Gasteiger partial charge < -0.3 is 14.4 Å². The van der Waals surface area contributed by atoms with Crippen LogP contribution in [0.5, 0.6) is 11.8 Å². The van der Waals surface area contributed by atoms with E-state index in [2.05, 4.69) is 15.0 Å². The molecule has 0 bridgehead atoms. The summed E-state index contributed by atoms with van der Waals surface area (Å²) in [6, 6.07) is 5.24. The number of pyridine rings is 1. The van der Waals surface area contributed by atoms with Crippen molar-refractivity contribution in [3.8, 4) is 11.8 Å². The number of amides is 1. The maximum Gasteiger partial charge on any atom is 0.259 e. The normalized spacial score (nSPS) is 15.1. The number of aromatic nitrogens is 3. The molecular formula is C17H20N4O3. The van der Waals surface area contributed by atoms with E-state index in [0.29, 0.717) is 37.0 Å². The van der Waals surface area contributed by atoms with Crippen LogP contribution in [0.25, 0.3) is 0 Å². The van der Waals surface area contributed by atoms with Crippen molar-refractivity contribution in [1.29, 1.82) is 0 Å². The van der Waals surface area contributed by atoms with E-state index in [1.54, 1.807) is 30.6 Å². The van der Waals surface area contributed by atoms with E-state index >= 15 is 0 Å². The molecule has 24 heavy (non-hydrogen) atoms. The Hall–Kier alpha value is -2.70. The highest BCUT2D eigenvalue weighted by Gasteiger charge is 2.26. The number of carbonyl (C=O) groups is 1. The van der Waals surface area contributed by atoms with Crippen LogP contribution in [-0.2, 0) is 0 Å². The summed E-state index contributed by atoms with van der Waals surface area (Å²) in [5.41, 5.74) is 0.509. The fourth-order valence-corrected chi connectivity index (χ4v) is 2.67. The molecule has 7 nitrogen and oxygen atoms in total. The van der Waals surface area contributed by atoms with Crippen molar-refractivity contribution in [1.82, 2.24) is 19.9 Å². The summed E-state index contributed by atoms with van der Waals surface area (Å²) >= 11 is 0. The Labute approximate surface area is 140 Å². The minimum Gasteiger partial charge on any atom is -0.477 e. The topological polar surface area (TPSA) is 77.4 Å². The summed E-state index contributed by atoms with van der Waals surface area (Å²) < 4.78 is 11.3. The molecule has 0 aromatic carbocycles. The molecular weight excluding hydrogens is 308 g/mol. The van der Waals surface area contributed by atoms with Gasteiger partial charge >= 0.3 is 0 Å². The lowest BCUT2D eigenvalue weighted by atomic mass is 10.1. The Morgan fingerprint density at radius 1 is 1.25 bits per heavy atom. The molecule has 1 amide bonds. The van der Waals surface area contributed by atoms with Crippen LogP contribution >= 0.6 is 0 Å². The van der Waals surface area contributed by atoms with Crippen molar-refractivity contribution in [2.75, 3.05) is 19.7 Å². The quantitative estimate of drug-likeness (QED) is 0.835. The molecule has 0 aliphatic carbocycles. The summed E-state index contributed by atoms with van der Waals surface area (Å²) in [6.07, 6.45) is 6.33. The van der Waals surface area contributed by atoms with Gasteiger partial charge in [-0.1, -0.05) is 0 Å². The molecule has 0 spiro atoms. The van der Waals surface area contributed by atoms with E-state index < -0.39 is 0 Å². The van der Waals surface area contributed by atoms with Gasteiger partial charge in [0.15, 0.2) is 0 Å². The third-order valence-electron chi connectivity index (χ3n) is 3.85. The van der Waals surface area contributed by atoms with Gasteiger partial charge in [0, 0.05) is 44.4 Å². The highest BCUT2D eigenvalue weighted by molar-refractivity contribution is 5.96. The van der Waals surface area contributed by atoms with Crippen LogP contribution in [-0.4, -0.2) is 51.6 Å². The first kappa shape index (κ1) is 16.2. The number of carbonyl (C=O) groups excluding carboxylic acids is 1. The maximum atomic E-state index is 12.7. The maximum absolute atomic E-state index is 12.7. The van der Waals surface area contributed by atoms with Gasteiger partial charge in [-0.25, -0.2) is 15.0 Å². The van der Waals surface area contributed by atoms with E-state index in [4.69, 9.17) is 9.47 Å². The average Bonchev–Trinajstić information content (AvgIpc) is 2.63. The lowest BCUT2D eigenvalue weighted by Gasteiger charge is -2.32. The summed E-state index contributed by atoms with van der Waals surface area (Å²) in [4.78, 5) is 26.6. The minimum atomic E-state index is -0.0490. The van der Waals surface area contributed by atoms with Crippen LogP contribution < -0.4 is 9.47 Å². The summed E-state index contributed by atoms with van der Waals surface area (Å²) in [7, 11) is 0. The largest absolute Gasteiger partial charge is 0.477 e. The van der Waals surface area contributed by atoms with Gasteiger partial charge in [-0.2, -0.15) is 0 Å². The van der Waals surface area contributed by atoms with Crippen LogP contribution in [0.4, 0.5) is 0 Å². The molecule has 0 saturated carbocycles. The molecule has 2 aromatic rings. The number of piperidine rings is 1. The first-order valence-corrected chi connectivity index (χ1v) is 8.07. The Morgan fingerprint density at radius 2 is 2.08 bits per heavy atom. The first-order valence-electron chi connectivity index (χ1n) is 8.07. The Morgan fingerprint density at radius 3 is 2.79 bits per heavy atom. The second-order valence-corrected chi connectivity index (χ2v) is 5.45. The van der Waals surface area contributed by atoms with Crippen LogP contribution in [0.15, 0.2) is 36.9 Å². The summed E-state index contributed by atoms with van der Waals surface area (Å²) in [6.45, 7) is 3.62. The van der Waals surface area contributed by atoms with Gasteiger partial charge in [-0.05, 0) is 19.1 Å². The van der Waals surface area contributed by atoms with Crippen molar-refractivity contribution < 1.29 is 14.3 Å². The van der Waals surface area contributed by atoms with Gasteiger partial charge in [0.25, 0.3) is 5.91 Å². The third kappa shape index (κ3) is 3.79. The number of hydrogen-bond acceptors (Lipinski definition) is 6. The summed E-state index contributed by atoms with van der Waals surface area (Å²) in [5, 5.41) is 0. The van der Waals surface area contributed by atoms with E-state index in [0.717, 1.165) is 12.8 Å². The van der Waals surface area contributed by atoms with E-state index in [-0.39, 0.29) is 12.0 Å². The predicted molar refractivity (Wildman–Crippen MR) is 87.0 cm³/mol. The second-order valence-electron chi connectivity index (χ2n) is 5.45. The van der Waals surface area contributed by atoms with Crippen LogP contribution in [0, 0.1) is 0 Å². The van der Waals surface area contributed by atoms with Crippen LogP contribution in [0.1, 0.15) is 30.1 Å². The van der Waals surface area contributed by atoms with E-state index in [1.807, 2.05) is 11.8 Å². The fourth-order valence-electron chi connectivity index (χ4n) is 2.67. The Kier molecular flexibility index (Phi) is 5.20. The lowest BCUT2D eigenvalue weighted by Crippen LogP contribution is -2.42. The van der Waals surface area contributed by atoms with E-state index in [1.165, 1.54) is 6.33 Å². The molecule has 0 unspecified atom stereocenters. The molecule has 1 saturated heterocycles. The molecule has 126 valence electrons. The zero-order valence-corrected chi connectivity index (χ0v) is 13.6. The zero-order valence-electron chi connectivity index (χ0n) is 13.6. The number of ether oxygens (including phenoxy) is 2. The zero-order chi connectivity index (χ0) is 16.8. The highest BCUT2D eigenvalue weighted by Crippen LogP contribution is 2.21. The predicted octanol–water partition coefficient (Wildman–Crippen LogP) is 1.95. The van der Waals surface area contributed by atoms with Gasteiger partial charge in [0.05, 0.1) is 6.61 Å². The van der Waals surface area contributed by atoms with Crippen molar-refractivity contribution in [2.45, 2.75) is 25.9 Å². The molecule has 3 rings (SSSR count). The molecule has 0 N–H and O–H groups in total. The molecule has 1 fully saturated rings. The third-order valence-corrected chi connectivity index (χ3v) is 3.85. The molecule has 3 heterocycles. The van der Waals surface area contributed by atoms with Crippen molar-refractivity contribution in [3.63, 3.8) is 0 Å². The minimum absolute atomic E-state index is 0.0490. The summed E-state index contributed by atoms with van der Waals surface area (Å²) in [5.74, 6) is 0.914. The molecule has 0 radical (unpaired) electrons. The lowest BCUT2D eigenvalue weighted by molar-refractivity contribution is 0.0583. The first-order chi connectivity index (χ1) is 11.8. The van der Waals surface area contributed by atoms with E-state index in [9.17, 15) is 4.79 Å². The molecule has 1 aliphatic heterocycles. The SMILES string of the molecule is CCOc1ncccc1C(=O)N1CCC(Oc2ccncn2)CC1. The van der Waals surface area contributed by atoms with Gasteiger partial charge in [-0.3, -0.25) is 4.79 Å². The average molecular weight is 328 g/mol. The highest BCUT2D eigenvalue weighted by atomic mass is 16.5. The smallest absolute Gasteiger partial charge is 0.259 e. The molecule has 7 heteroatoms. The molecule has 1 aliphatic rings. The standard InChI is InChI=1S/C17H20N4O3/c1-2-23-16-14(4-3-8-19-16)17(22)21-10-6-13(7-11-21)24-15-5-9-18-12-20-15/h3-5,8-9,12-13H,2,6-7,10-11H2,1H3. The fraction of sp³-hybridized carbons (Fsp3) is 0.412. The number of likely N-dealkylation sites (tertiary alicyclic amines) is 1. The Bertz CT molecular complexity index is 673. The number of hydrogen-bond donors (Lipinski definition) is 0. The van der Waals surface area contributed by atoms with Crippen LogP contribution in [0.3, 0.4) is 0 Å². The van der Waals surface area contributed by atoms with Crippen molar-refractivity contribution in [3.05, 3.63) is 42.5 Å². The molecule has 0 atom stereocenters. The van der Waals surface area contributed by atoms with Gasteiger partial charge in [-0.15, -0.1) is 0 Å². The number of rotatable bonds is 5. The van der Waals surface area contributed by atoms with Crippen molar-refractivity contribution >= 4 is 5.91 Å². The van der Waals surface area contributed by atoms with Crippen molar-refractivity contribution in [2.24, 2.45) is 0 Å². The monoisotopic (exact) mass is 328 g/mol.